The smallest absolute Gasteiger partial charge is 0.339 e. The molecule has 0 bridgehead atoms. The summed E-state index contributed by atoms with van der Waals surface area (Å²) >= 11 is 0. The molecule has 5 aromatic rings. The number of aliphatic hydroxyl groups is 1. The Balaban J connectivity index is 0.000000271. The maximum Gasteiger partial charge on any atom is 0.339 e. The fraction of sp³-hybridized carbons (Fsp3) is 0.152. The van der Waals surface area contributed by atoms with E-state index in [9.17, 15) is 35.1 Å². The number of carboxylic acid groups (broad SMARTS) is 2. The molecule has 0 amide bonds. The molecule has 0 radical (unpaired) electrons. The highest BCUT2D eigenvalue weighted by Crippen LogP contribution is 2.38. The van der Waals surface area contributed by atoms with Gasteiger partial charge in [0.05, 0.1) is 6.10 Å². The van der Waals surface area contributed by atoms with Crippen LogP contribution in [0.2, 0.25) is 0 Å². The molecular weight excluding hydrogens is 522 g/mol. The Morgan fingerprint density at radius 1 is 0.707 bits per heavy atom. The standard InChI is InChI=1S/C23H16O6.C10H15NO/c24-20-16(14-7-3-1-5-12(14)9-18(20)22(26)27)11-17-15-8-4-2-6-13(15)10-19(21(17)25)23(28)29;1-8(11-2)10(12)9-6-4-3-5-7-9/h1-10,24-25H,11H2,(H,26,27)(H,28,29);3-8,10-12H,1-2H3/t;8-,10+/m.1/s1. The molecule has 0 aliphatic heterocycles. The molecule has 2 atom stereocenters. The minimum atomic E-state index is -1.28. The molecule has 5 aromatic carbocycles. The van der Waals surface area contributed by atoms with Gasteiger partial charge in [-0.3, -0.25) is 0 Å². The van der Waals surface area contributed by atoms with Crippen molar-refractivity contribution in [1.29, 1.82) is 0 Å². The van der Waals surface area contributed by atoms with Gasteiger partial charge in [-0.25, -0.2) is 9.59 Å². The lowest BCUT2D eigenvalue weighted by Crippen LogP contribution is -2.28. The number of hydrogen-bond donors (Lipinski definition) is 6. The van der Waals surface area contributed by atoms with Crippen molar-refractivity contribution in [3.8, 4) is 11.5 Å². The number of fused-ring (bicyclic) bond motifs is 2. The molecule has 41 heavy (non-hydrogen) atoms. The van der Waals surface area contributed by atoms with Gasteiger partial charge >= 0.3 is 11.9 Å². The first-order valence-corrected chi connectivity index (χ1v) is 13.0. The first-order valence-electron chi connectivity index (χ1n) is 13.0. The quantitative estimate of drug-likeness (QED) is 0.150. The molecule has 0 aliphatic carbocycles. The normalized spacial score (nSPS) is 12.4. The highest BCUT2D eigenvalue weighted by atomic mass is 16.4. The molecule has 8 nitrogen and oxygen atoms in total. The van der Waals surface area contributed by atoms with Crippen molar-refractivity contribution in [2.45, 2.75) is 25.5 Å². The number of aliphatic hydroxyl groups excluding tert-OH is 1. The highest BCUT2D eigenvalue weighted by molar-refractivity contribution is 6.02. The Hall–Kier alpha value is -4.92. The van der Waals surface area contributed by atoms with Crippen LogP contribution >= 0.6 is 0 Å². The summed E-state index contributed by atoms with van der Waals surface area (Å²) in [7, 11) is 1.84. The third-order valence-electron chi connectivity index (χ3n) is 7.14. The van der Waals surface area contributed by atoms with E-state index in [4.69, 9.17) is 0 Å². The molecule has 0 saturated heterocycles. The monoisotopic (exact) mass is 553 g/mol. The van der Waals surface area contributed by atoms with Gasteiger partial charge in [-0.05, 0) is 53.2 Å². The van der Waals surface area contributed by atoms with Gasteiger partial charge in [0.25, 0.3) is 0 Å². The number of phenols is 2. The molecule has 5 rings (SSSR count). The van der Waals surface area contributed by atoms with E-state index in [0.29, 0.717) is 32.7 Å². The van der Waals surface area contributed by atoms with Crippen LogP contribution in [0.3, 0.4) is 0 Å². The summed E-state index contributed by atoms with van der Waals surface area (Å²) in [5, 5.41) is 55.5. The number of carbonyl (C=O) groups is 2. The Labute approximate surface area is 236 Å². The minimum Gasteiger partial charge on any atom is -0.507 e. The Bertz CT molecular complexity index is 1620. The lowest BCUT2D eigenvalue weighted by Gasteiger charge is -2.17. The fourth-order valence-electron chi connectivity index (χ4n) is 4.78. The van der Waals surface area contributed by atoms with E-state index in [1.54, 1.807) is 48.5 Å². The molecule has 0 aliphatic rings. The fourth-order valence-corrected chi connectivity index (χ4v) is 4.78. The summed E-state index contributed by atoms with van der Waals surface area (Å²) in [4.78, 5) is 23.2. The highest BCUT2D eigenvalue weighted by Gasteiger charge is 2.22. The summed E-state index contributed by atoms with van der Waals surface area (Å²) in [5.74, 6) is -3.36. The van der Waals surface area contributed by atoms with Crippen molar-refractivity contribution in [1.82, 2.24) is 5.32 Å². The van der Waals surface area contributed by atoms with Crippen LogP contribution in [0.15, 0.2) is 91.0 Å². The second-order valence-electron chi connectivity index (χ2n) is 9.66. The summed E-state index contributed by atoms with van der Waals surface area (Å²) in [6.07, 6.45) is -0.461. The maximum absolute atomic E-state index is 11.6. The second-order valence-corrected chi connectivity index (χ2v) is 9.66. The topological polar surface area (TPSA) is 147 Å². The van der Waals surface area contributed by atoms with Crippen LogP contribution in [0.4, 0.5) is 0 Å². The molecule has 0 heterocycles. The molecule has 8 heteroatoms. The number of nitrogens with one attached hydrogen (secondary N) is 1. The van der Waals surface area contributed by atoms with Crippen LogP contribution < -0.4 is 5.32 Å². The zero-order valence-corrected chi connectivity index (χ0v) is 22.6. The largest absolute Gasteiger partial charge is 0.507 e. The molecule has 0 aromatic heterocycles. The van der Waals surface area contributed by atoms with E-state index >= 15 is 0 Å². The van der Waals surface area contributed by atoms with E-state index in [1.807, 2.05) is 44.3 Å². The van der Waals surface area contributed by atoms with Crippen molar-refractivity contribution < 1.29 is 35.1 Å². The lowest BCUT2D eigenvalue weighted by molar-refractivity contribution is 0.0682. The van der Waals surface area contributed by atoms with E-state index < -0.39 is 29.5 Å². The predicted molar refractivity (Wildman–Crippen MR) is 158 cm³/mol. The van der Waals surface area contributed by atoms with Gasteiger partial charge in [0.1, 0.15) is 22.6 Å². The maximum atomic E-state index is 11.6. The molecule has 0 unspecified atom stereocenters. The number of likely N-dealkylation sites (N-methyl/N-ethyl adjacent to an activating group) is 1. The van der Waals surface area contributed by atoms with Crippen molar-refractivity contribution in [3.05, 3.63) is 119 Å². The van der Waals surface area contributed by atoms with Gasteiger partial charge in [0.2, 0.25) is 0 Å². The summed E-state index contributed by atoms with van der Waals surface area (Å²) < 4.78 is 0. The van der Waals surface area contributed by atoms with Gasteiger partial charge in [-0.2, -0.15) is 0 Å². The number of carboxylic acids is 2. The zero-order chi connectivity index (χ0) is 29.7. The average molecular weight is 554 g/mol. The van der Waals surface area contributed by atoms with Gasteiger partial charge in [0, 0.05) is 23.6 Å². The second kappa shape index (κ2) is 12.5. The van der Waals surface area contributed by atoms with E-state index in [0.717, 1.165) is 5.56 Å². The predicted octanol–water partition coefficient (Wildman–Crippen LogP) is 5.72. The number of benzene rings is 5. The third kappa shape index (κ3) is 6.14. The number of hydrogen-bond acceptors (Lipinski definition) is 6. The minimum absolute atomic E-state index is 0.0407. The Morgan fingerprint density at radius 3 is 1.54 bits per heavy atom. The van der Waals surface area contributed by atoms with Gasteiger partial charge in [-0.1, -0.05) is 78.9 Å². The van der Waals surface area contributed by atoms with Crippen LogP contribution in [0.25, 0.3) is 21.5 Å². The summed E-state index contributed by atoms with van der Waals surface area (Å²) in [6, 6.07) is 26.5. The van der Waals surface area contributed by atoms with Crippen LogP contribution in [0.5, 0.6) is 11.5 Å². The SMILES string of the molecule is CN[C@H](C)[C@H](O)c1ccccc1.O=C(O)c1cc2ccccc2c(Cc2c(O)c(C(=O)O)cc3ccccc23)c1O. The average Bonchev–Trinajstić information content (AvgIpc) is 2.98. The number of rotatable bonds is 7. The molecule has 0 spiro atoms. The third-order valence-corrected chi connectivity index (χ3v) is 7.14. The number of aromatic carboxylic acids is 2. The van der Waals surface area contributed by atoms with Gasteiger partial charge in [-0.15, -0.1) is 0 Å². The molecule has 6 N–H and O–H groups in total. The van der Waals surface area contributed by atoms with Gasteiger partial charge < -0.3 is 30.8 Å². The van der Waals surface area contributed by atoms with E-state index in [1.165, 1.54) is 12.1 Å². The zero-order valence-electron chi connectivity index (χ0n) is 22.6. The lowest BCUT2D eigenvalue weighted by atomic mass is 9.90. The number of aromatic hydroxyl groups is 2. The molecule has 0 saturated carbocycles. The summed E-state index contributed by atoms with van der Waals surface area (Å²) in [5.41, 5.74) is 1.07. The van der Waals surface area contributed by atoms with E-state index in [-0.39, 0.29) is 23.6 Å². The molecular formula is C33H31NO7. The molecule has 0 fully saturated rings. The summed E-state index contributed by atoms with van der Waals surface area (Å²) in [6.45, 7) is 1.96. The van der Waals surface area contributed by atoms with Crippen LogP contribution in [0, 0.1) is 0 Å². The van der Waals surface area contributed by atoms with Crippen LogP contribution in [0.1, 0.15) is 50.4 Å². The van der Waals surface area contributed by atoms with Crippen molar-refractivity contribution in [2.24, 2.45) is 0 Å². The van der Waals surface area contributed by atoms with Gasteiger partial charge in [0.15, 0.2) is 0 Å². The first kappa shape index (κ1) is 29.1. The van der Waals surface area contributed by atoms with Crippen LogP contribution in [-0.2, 0) is 6.42 Å². The van der Waals surface area contributed by atoms with Crippen molar-refractivity contribution >= 4 is 33.5 Å². The van der Waals surface area contributed by atoms with Crippen molar-refractivity contribution in [3.63, 3.8) is 0 Å². The Kier molecular flexibility index (Phi) is 8.87. The Morgan fingerprint density at radius 2 is 1.12 bits per heavy atom. The van der Waals surface area contributed by atoms with Crippen molar-refractivity contribution in [2.75, 3.05) is 7.05 Å². The van der Waals surface area contributed by atoms with Crippen LogP contribution in [-0.4, -0.2) is 50.6 Å². The first-order chi connectivity index (χ1) is 19.6. The molecule has 210 valence electrons. The van der Waals surface area contributed by atoms with E-state index in [2.05, 4.69) is 5.32 Å².